The van der Waals surface area contributed by atoms with Crippen molar-refractivity contribution in [3.8, 4) is 0 Å². The lowest BCUT2D eigenvalue weighted by atomic mass is 10.0. The van der Waals surface area contributed by atoms with Crippen molar-refractivity contribution in [1.82, 2.24) is 0 Å². The number of unbranched alkanes of at least 4 members (excludes halogenated alkanes) is 1. The maximum Gasteiger partial charge on any atom is 0.135 e. The fourth-order valence-electron chi connectivity index (χ4n) is 0.732. The highest BCUT2D eigenvalue weighted by Gasteiger charge is 2.04. The third-order valence-corrected chi connectivity index (χ3v) is 1.52. The summed E-state index contributed by atoms with van der Waals surface area (Å²) in [6, 6.07) is 0. The standard InChI is InChI=1S/C8H17NO.C2H6.CH5N/c1-7(2)8(10)5-3-4-6-9;2*1-2/h7H,3-6,9H2,1-2H3;1-2H3;2H2,1H3. The molecule has 0 rings (SSSR count). The third-order valence-electron chi connectivity index (χ3n) is 1.52. The SMILES string of the molecule is CC.CC(C)C(=O)CCCCN.CN. The van der Waals surface area contributed by atoms with E-state index in [9.17, 15) is 4.79 Å². The first kappa shape index (κ1) is 19.2. The molecule has 0 bridgehead atoms. The fourth-order valence-corrected chi connectivity index (χ4v) is 0.732. The highest BCUT2D eigenvalue weighted by molar-refractivity contribution is 5.80. The molecule has 0 aromatic rings. The van der Waals surface area contributed by atoms with Crippen LogP contribution in [0.15, 0.2) is 0 Å². The van der Waals surface area contributed by atoms with Gasteiger partial charge in [0.05, 0.1) is 0 Å². The smallest absolute Gasteiger partial charge is 0.135 e. The molecular formula is C11H28N2O. The number of rotatable bonds is 5. The molecule has 0 atom stereocenters. The molecular weight excluding hydrogens is 176 g/mol. The fraction of sp³-hybridized carbons (Fsp3) is 0.909. The second-order valence-corrected chi connectivity index (χ2v) is 2.87. The van der Waals surface area contributed by atoms with Gasteiger partial charge in [-0.05, 0) is 26.4 Å². The molecule has 0 aliphatic rings. The lowest BCUT2D eigenvalue weighted by Gasteiger charge is -2.01. The predicted molar refractivity (Wildman–Crippen MR) is 64.2 cm³/mol. The maximum absolute atomic E-state index is 11.0. The van der Waals surface area contributed by atoms with Gasteiger partial charge in [0, 0.05) is 12.3 Å². The lowest BCUT2D eigenvalue weighted by molar-refractivity contribution is -0.122. The average Bonchev–Trinajstić information content (AvgIpc) is 2.24. The molecule has 88 valence electrons. The molecule has 0 spiro atoms. The van der Waals surface area contributed by atoms with Crippen LogP contribution >= 0.6 is 0 Å². The first-order valence-corrected chi connectivity index (χ1v) is 5.49. The Balaban J connectivity index is -0.000000266. The van der Waals surface area contributed by atoms with Crippen LogP contribution in [-0.4, -0.2) is 19.4 Å². The molecule has 0 radical (unpaired) electrons. The van der Waals surface area contributed by atoms with Crippen LogP contribution in [0.25, 0.3) is 0 Å². The van der Waals surface area contributed by atoms with E-state index in [1.807, 2.05) is 27.7 Å². The van der Waals surface area contributed by atoms with Crippen molar-refractivity contribution in [1.29, 1.82) is 0 Å². The van der Waals surface area contributed by atoms with Crippen molar-refractivity contribution in [2.75, 3.05) is 13.6 Å². The van der Waals surface area contributed by atoms with Gasteiger partial charge >= 0.3 is 0 Å². The van der Waals surface area contributed by atoms with E-state index in [0.717, 1.165) is 12.8 Å². The molecule has 3 nitrogen and oxygen atoms in total. The van der Waals surface area contributed by atoms with Crippen LogP contribution in [-0.2, 0) is 4.79 Å². The molecule has 14 heavy (non-hydrogen) atoms. The van der Waals surface area contributed by atoms with Crippen LogP contribution in [0.2, 0.25) is 0 Å². The van der Waals surface area contributed by atoms with Gasteiger partial charge in [0.15, 0.2) is 0 Å². The minimum atomic E-state index is 0.192. The van der Waals surface area contributed by atoms with Crippen molar-refractivity contribution in [3.05, 3.63) is 0 Å². The Morgan fingerprint density at radius 2 is 1.57 bits per heavy atom. The van der Waals surface area contributed by atoms with Crippen LogP contribution in [0, 0.1) is 5.92 Å². The first-order valence-electron chi connectivity index (χ1n) is 5.49. The Morgan fingerprint density at radius 1 is 1.14 bits per heavy atom. The number of hydrogen-bond donors (Lipinski definition) is 2. The molecule has 0 saturated heterocycles. The van der Waals surface area contributed by atoms with Crippen molar-refractivity contribution in [2.45, 2.75) is 47.0 Å². The summed E-state index contributed by atoms with van der Waals surface area (Å²) in [6.07, 6.45) is 2.63. The van der Waals surface area contributed by atoms with Gasteiger partial charge in [-0.3, -0.25) is 4.79 Å². The Hall–Kier alpha value is -0.410. The highest BCUT2D eigenvalue weighted by atomic mass is 16.1. The summed E-state index contributed by atoms with van der Waals surface area (Å²) in [5.74, 6) is 0.547. The van der Waals surface area contributed by atoms with Crippen molar-refractivity contribution < 1.29 is 4.79 Å². The van der Waals surface area contributed by atoms with E-state index in [-0.39, 0.29) is 5.92 Å². The minimum Gasteiger partial charge on any atom is -0.333 e. The summed E-state index contributed by atoms with van der Waals surface area (Å²) in [6.45, 7) is 8.57. The molecule has 0 heterocycles. The number of carbonyl (C=O) groups is 1. The number of hydrogen-bond acceptors (Lipinski definition) is 3. The molecule has 0 amide bonds. The summed E-state index contributed by atoms with van der Waals surface area (Å²) >= 11 is 0. The molecule has 0 aliphatic carbocycles. The van der Waals surface area contributed by atoms with Gasteiger partial charge in [0.25, 0.3) is 0 Å². The largest absolute Gasteiger partial charge is 0.333 e. The van der Waals surface area contributed by atoms with Gasteiger partial charge in [0.1, 0.15) is 5.78 Å². The average molecular weight is 204 g/mol. The van der Waals surface area contributed by atoms with E-state index < -0.39 is 0 Å². The van der Waals surface area contributed by atoms with Gasteiger partial charge in [-0.1, -0.05) is 27.7 Å². The highest BCUT2D eigenvalue weighted by Crippen LogP contribution is 2.02. The molecule has 0 aliphatic heterocycles. The van der Waals surface area contributed by atoms with E-state index in [2.05, 4.69) is 5.73 Å². The summed E-state index contributed by atoms with van der Waals surface area (Å²) in [5.41, 5.74) is 9.78. The van der Waals surface area contributed by atoms with Crippen LogP contribution in [0.5, 0.6) is 0 Å². The zero-order valence-corrected chi connectivity index (χ0v) is 10.5. The predicted octanol–water partition coefficient (Wildman–Crippen LogP) is 1.94. The molecule has 0 unspecified atom stereocenters. The van der Waals surface area contributed by atoms with Crippen LogP contribution < -0.4 is 11.5 Å². The second kappa shape index (κ2) is 18.4. The van der Waals surface area contributed by atoms with Gasteiger partial charge < -0.3 is 11.5 Å². The molecule has 0 saturated carbocycles. The minimum absolute atomic E-state index is 0.192. The first-order chi connectivity index (χ1) is 6.68. The normalized spacial score (nSPS) is 8.29. The summed E-state index contributed by atoms with van der Waals surface area (Å²) in [7, 11) is 1.50. The Bertz CT molecular complexity index is 103. The zero-order chi connectivity index (χ0) is 12.0. The summed E-state index contributed by atoms with van der Waals surface area (Å²) < 4.78 is 0. The van der Waals surface area contributed by atoms with E-state index >= 15 is 0 Å². The Kier molecular flexibility index (Phi) is 25.2. The van der Waals surface area contributed by atoms with Crippen molar-refractivity contribution in [2.24, 2.45) is 17.4 Å². The molecule has 4 N–H and O–H groups in total. The number of Topliss-reactive ketones (excluding diaryl/α,β-unsaturated/α-hetero) is 1. The van der Waals surface area contributed by atoms with Crippen molar-refractivity contribution in [3.63, 3.8) is 0 Å². The summed E-state index contributed by atoms with van der Waals surface area (Å²) in [5, 5.41) is 0. The van der Waals surface area contributed by atoms with E-state index in [4.69, 9.17) is 5.73 Å². The van der Waals surface area contributed by atoms with E-state index in [1.54, 1.807) is 0 Å². The quantitative estimate of drug-likeness (QED) is 0.672. The van der Waals surface area contributed by atoms with Gasteiger partial charge in [-0.15, -0.1) is 0 Å². The monoisotopic (exact) mass is 204 g/mol. The second-order valence-electron chi connectivity index (χ2n) is 2.87. The van der Waals surface area contributed by atoms with E-state index in [1.165, 1.54) is 7.05 Å². The van der Waals surface area contributed by atoms with Gasteiger partial charge in [-0.2, -0.15) is 0 Å². The van der Waals surface area contributed by atoms with Gasteiger partial charge in [0.2, 0.25) is 0 Å². The lowest BCUT2D eigenvalue weighted by Crippen LogP contribution is -2.07. The number of nitrogens with two attached hydrogens (primary N) is 2. The maximum atomic E-state index is 11.0. The molecule has 0 aromatic heterocycles. The van der Waals surface area contributed by atoms with Crippen LogP contribution in [0.1, 0.15) is 47.0 Å². The summed E-state index contributed by atoms with van der Waals surface area (Å²) in [4.78, 5) is 11.0. The zero-order valence-electron chi connectivity index (χ0n) is 10.5. The van der Waals surface area contributed by atoms with E-state index in [0.29, 0.717) is 18.7 Å². The molecule has 3 heteroatoms. The Labute approximate surface area is 89.2 Å². The van der Waals surface area contributed by atoms with Gasteiger partial charge in [-0.25, -0.2) is 0 Å². The van der Waals surface area contributed by atoms with Crippen molar-refractivity contribution >= 4 is 5.78 Å². The number of ketones is 1. The number of carbonyl (C=O) groups excluding carboxylic acids is 1. The molecule has 0 fully saturated rings. The third kappa shape index (κ3) is 17.6. The van der Waals surface area contributed by atoms with Crippen LogP contribution in [0.4, 0.5) is 0 Å². The Morgan fingerprint density at radius 3 is 1.86 bits per heavy atom. The van der Waals surface area contributed by atoms with Crippen LogP contribution in [0.3, 0.4) is 0 Å². The topological polar surface area (TPSA) is 69.1 Å². The molecule has 0 aromatic carbocycles.